The van der Waals surface area contributed by atoms with Gasteiger partial charge in [0.25, 0.3) is 5.91 Å². The molecule has 0 bridgehead atoms. The van der Waals surface area contributed by atoms with Gasteiger partial charge >= 0.3 is 5.97 Å². The number of amides is 1. The third kappa shape index (κ3) is 4.50. The topological polar surface area (TPSA) is 84.9 Å². The smallest absolute Gasteiger partial charge is 0.335 e. The van der Waals surface area contributed by atoms with E-state index in [9.17, 15) is 9.59 Å². The molecule has 0 aliphatic rings. The van der Waals surface area contributed by atoms with Crippen LogP contribution >= 0.6 is 0 Å². The summed E-state index contributed by atoms with van der Waals surface area (Å²) >= 11 is 0. The van der Waals surface area contributed by atoms with Gasteiger partial charge in [-0.2, -0.15) is 0 Å². The van der Waals surface area contributed by atoms with Gasteiger partial charge in [-0.15, -0.1) is 0 Å². The van der Waals surface area contributed by atoms with Crippen LogP contribution in [0, 0.1) is 6.92 Å². The Morgan fingerprint density at radius 1 is 1.08 bits per heavy atom. The molecule has 0 spiro atoms. The molecule has 0 saturated carbocycles. The standard InChI is InChI=1S/C19H21NO5/c1-12-10-15(24-2)6-7-16(12)18(21)20-9-8-13-4-5-14(19(22)23)11-17(13)25-3/h4-7,10-11H,8-9H2,1-3H3,(H,20,21)(H,22,23). The zero-order valence-corrected chi connectivity index (χ0v) is 14.5. The molecule has 0 aliphatic heterocycles. The number of carboxylic acid groups (broad SMARTS) is 1. The van der Waals surface area contributed by atoms with Gasteiger partial charge in [0.1, 0.15) is 11.5 Å². The molecule has 1 amide bonds. The molecular weight excluding hydrogens is 322 g/mol. The van der Waals surface area contributed by atoms with Crippen LogP contribution in [0.25, 0.3) is 0 Å². The van der Waals surface area contributed by atoms with E-state index in [2.05, 4.69) is 5.32 Å². The zero-order chi connectivity index (χ0) is 18.4. The van der Waals surface area contributed by atoms with Crippen molar-refractivity contribution in [1.82, 2.24) is 5.32 Å². The summed E-state index contributed by atoms with van der Waals surface area (Å²) in [6.45, 7) is 2.26. The predicted octanol–water partition coefficient (Wildman–Crippen LogP) is 2.68. The third-order valence-corrected chi connectivity index (χ3v) is 3.89. The Hall–Kier alpha value is -3.02. The van der Waals surface area contributed by atoms with E-state index in [1.165, 1.54) is 19.2 Å². The minimum Gasteiger partial charge on any atom is -0.497 e. The number of carbonyl (C=O) groups is 2. The molecule has 0 heterocycles. The molecule has 2 rings (SSSR count). The maximum absolute atomic E-state index is 12.3. The second kappa shape index (κ2) is 8.19. The fourth-order valence-electron chi connectivity index (χ4n) is 2.51. The van der Waals surface area contributed by atoms with Crippen LogP contribution in [0.5, 0.6) is 11.5 Å². The number of aryl methyl sites for hydroxylation is 1. The fourth-order valence-corrected chi connectivity index (χ4v) is 2.51. The normalized spacial score (nSPS) is 10.2. The SMILES string of the molecule is COc1ccc(C(=O)NCCc2ccc(C(=O)O)cc2OC)c(C)c1. The summed E-state index contributed by atoms with van der Waals surface area (Å²) in [7, 11) is 3.07. The largest absolute Gasteiger partial charge is 0.497 e. The summed E-state index contributed by atoms with van der Waals surface area (Å²) in [5.41, 5.74) is 2.42. The van der Waals surface area contributed by atoms with E-state index in [1.54, 1.807) is 25.3 Å². The van der Waals surface area contributed by atoms with Crippen LogP contribution in [0.15, 0.2) is 36.4 Å². The molecule has 132 valence electrons. The molecule has 0 saturated heterocycles. The van der Waals surface area contributed by atoms with E-state index in [1.807, 2.05) is 13.0 Å². The Morgan fingerprint density at radius 3 is 2.44 bits per heavy atom. The quantitative estimate of drug-likeness (QED) is 0.807. The molecule has 0 aromatic heterocycles. The molecule has 0 radical (unpaired) electrons. The van der Waals surface area contributed by atoms with Crippen LogP contribution in [-0.2, 0) is 6.42 Å². The highest BCUT2D eigenvalue weighted by Crippen LogP contribution is 2.21. The van der Waals surface area contributed by atoms with Crippen molar-refractivity contribution in [3.63, 3.8) is 0 Å². The highest BCUT2D eigenvalue weighted by molar-refractivity contribution is 5.95. The van der Waals surface area contributed by atoms with Crippen LogP contribution < -0.4 is 14.8 Å². The minimum atomic E-state index is -1.01. The molecule has 0 unspecified atom stereocenters. The Labute approximate surface area is 146 Å². The molecule has 0 fully saturated rings. The van der Waals surface area contributed by atoms with Crippen LogP contribution in [0.2, 0.25) is 0 Å². The number of hydrogen-bond acceptors (Lipinski definition) is 4. The van der Waals surface area contributed by atoms with Gasteiger partial charge in [0.15, 0.2) is 0 Å². The van der Waals surface area contributed by atoms with Crippen LogP contribution in [-0.4, -0.2) is 37.7 Å². The van der Waals surface area contributed by atoms with Crippen molar-refractivity contribution in [2.45, 2.75) is 13.3 Å². The maximum atomic E-state index is 12.3. The number of ether oxygens (including phenoxy) is 2. The van der Waals surface area contributed by atoms with Crippen molar-refractivity contribution < 1.29 is 24.2 Å². The highest BCUT2D eigenvalue weighted by Gasteiger charge is 2.11. The lowest BCUT2D eigenvalue weighted by atomic mass is 10.1. The van der Waals surface area contributed by atoms with E-state index in [0.29, 0.717) is 30.0 Å². The first-order chi connectivity index (χ1) is 12.0. The Morgan fingerprint density at radius 2 is 1.84 bits per heavy atom. The molecule has 0 atom stereocenters. The summed E-state index contributed by atoms with van der Waals surface area (Å²) in [6.07, 6.45) is 0.532. The van der Waals surface area contributed by atoms with E-state index in [4.69, 9.17) is 14.6 Å². The van der Waals surface area contributed by atoms with Crippen molar-refractivity contribution in [2.75, 3.05) is 20.8 Å². The minimum absolute atomic E-state index is 0.165. The molecule has 2 N–H and O–H groups in total. The zero-order valence-electron chi connectivity index (χ0n) is 14.5. The number of nitrogens with one attached hydrogen (secondary N) is 1. The average molecular weight is 343 g/mol. The van der Waals surface area contributed by atoms with Gasteiger partial charge in [-0.05, 0) is 54.8 Å². The highest BCUT2D eigenvalue weighted by atomic mass is 16.5. The molecule has 2 aromatic rings. The number of carbonyl (C=O) groups excluding carboxylic acids is 1. The second-order valence-electron chi connectivity index (χ2n) is 5.52. The molecular formula is C19H21NO5. The predicted molar refractivity (Wildman–Crippen MR) is 93.7 cm³/mol. The van der Waals surface area contributed by atoms with Gasteiger partial charge in [0.05, 0.1) is 19.8 Å². The number of rotatable bonds is 7. The number of benzene rings is 2. The van der Waals surface area contributed by atoms with Crippen molar-refractivity contribution in [3.05, 3.63) is 58.7 Å². The number of carboxylic acids is 1. The molecule has 0 aliphatic carbocycles. The van der Waals surface area contributed by atoms with Gasteiger partial charge in [0, 0.05) is 12.1 Å². The lowest BCUT2D eigenvalue weighted by Crippen LogP contribution is -2.26. The van der Waals surface area contributed by atoms with Crippen molar-refractivity contribution in [3.8, 4) is 11.5 Å². The Balaban J connectivity index is 2.00. The first kappa shape index (κ1) is 18.3. The van der Waals surface area contributed by atoms with Gasteiger partial charge in [-0.25, -0.2) is 4.79 Å². The summed E-state index contributed by atoms with van der Waals surface area (Å²) in [5, 5.41) is 11.9. The van der Waals surface area contributed by atoms with Gasteiger partial charge in [0.2, 0.25) is 0 Å². The summed E-state index contributed by atoms with van der Waals surface area (Å²) in [5.74, 6) is 0.0292. The van der Waals surface area contributed by atoms with Gasteiger partial charge in [-0.1, -0.05) is 6.07 Å². The molecule has 2 aromatic carbocycles. The van der Waals surface area contributed by atoms with Crippen LogP contribution in [0.1, 0.15) is 31.8 Å². The number of methoxy groups -OCH3 is 2. The van der Waals surface area contributed by atoms with E-state index < -0.39 is 5.97 Å². The number of hydrogen-bond donors (Lipinski definition) is 2. The Bertz CT molecular complexity index is 785. The molecule has 6 heteroatoms. The van der Waals surface area contributed by atoms with Crippen LogP contribution in [0.3, 0.4) is 0 Å². The van der Waals surface area contributed by atoms with Crippen molar-refractivity contribution >= 4 is 11.9 Å². The second-order valence-corrected chi connectivity index (χ2v) is 5.52. The van der Waals surface area contributed by atoms with E-state index in [-0.39, 0.29) is 11.5 Å². The average Bonchev–Trinajstić information content (AvgIpc) is 2.61. The summed E-state index contributed by atoms with van der Waals surface area (Å²) in [6, 6.07) is 9.99. The molecule has 6 nitrogen and oxygen atoms in total. The van der Waals surface area contributed by atoms with E-state index >= 15 is 0 Å². The van der Waals surface area contributed by atoms with E-state index in [0.717, 1.165) is 11.1 Å². The molecule has 25 heavy (non-hydrogen) atoms. The van der Waals surface area contributed by atoms with Gasteiger partial charge in [-0.3, -0.25) is 4.79 Å². The number of aromatic carboxylic acids is 1. The monoisotopic (exact) mass is 343 g/mol. The summed E-state index contributed by atoms with van der Waals surface area (Å²) < 4.78 is 10.4. The Kier molecular flexibility index (Phi) is 6.00. The third-order valence-electron chi connectivity index (χ3n) is 3.89. The lowest BCUT2D eigenvalue weighted by Gasteiger charge is -2.11. The van der Waals surface area contributed by atoms with Gasteiger partial charge < -0.3 is 19.9 Å². The first-order valence-electron chi connectivity index (χ1n) is 7.79. The maximum Gasteiger partial charge on any atom is 0.335 e. The van der Waals surface area contributed by atoms with Crippen molar-refractivity contribution in [2.24, 2.45) is 0 Å². The van der Waals surface area contributed by atoms with Crippen LogP contribution in [0.4, 0.5) is 0 Å². The lowest BCUT2D eigenvalue weighted by molar-refractivity contribution is 0.0696. The first-order valence-corrected chi connectivity index (χ1v) is 7.79. The summed E-state index contributed by atoms with van der Waals surface area (Å²) in [4.78, 5) is 23.3. The van der Waals surface area contributed by atoms with Crippen molar-refractivity contribution in [1.29, 1.82) is 0 Å². The fraction of sp³-hybridized carbons (Fsp3) is 0.263.